The Labute approximate surface area is 166 Å². The Bertz CT molecular complexity index is 944. The van der Waals surface area contributed by atoms with Gasteiger partial charge in [0.1, 0.15) is 23.2 Å². The maximum Gasteiger partial charge on any atom is 0.142 e. The number of nitrogens with two attached hydrogens (primary N) is 1. The molecule has 0 saturated carbocycles. The Kier molecular flexibility index (Phi) is 6.64. The quantitative estimate of drug-likeness (QED) is 0.506. The number of anilines is 1. The minimum absolute atomic E-state index is 0.245. The molecule has 0 radical (unpaired) electrons. The molecule has 0 aliphatic rings. The fourth-order valence-electron chi connectivity index (χ4n) is 3.12. The Morgan fingerprint density at radius 1 is 0.964 bits per heavy atom. The predicted octanol–water partition coefficient (Wildman–Crippen LogP) is 5.83. The second kappa shape index (κ2) is 9.57. The summed E-state index contributed by atoms with van der Waals surface area (Å²) in [6.07, 6.45) is 4.72. The van der Waals surface area contributed by atoms with Gasteiger partial charge in [-0.25, -0.2) is 4.98 Å². The summed E-state index contributed by atoms with van der Waals surface area (Å²) in [6, 6.07) is 21.7. The van der Waals surface area contributed by atoms with Crippen molar-refractivity contribution in [2.45, 2.75) is 32.6 Å². The minimum Gasteiger partial charge on any atom is -0.494 e. The standard InChI is InChI=1S/C24H25N3O/c1-2-3-4-8-15-28-20-13-11-18(12-14-20)21-16-23(19-9-6-5-7-10-19)27-24(26)22(21)17-25/h5-7,9-14,16H,2-4,8,15H2,1H3,(H2,26,27). The summed E-state index contributed by atoms with van der Waals surface area (Å²) in [5.41, 5.74) is 9.90. The van der Waals surface area contributed by atoms with Gasteiger partial charge in [-0.15, -0.1) is 0 Å². The Morgan fingerprint density at radius 2 is 1.71 bits per heavy atom. The van der Waals surface area contributed by atoms with Gasteiger partial charge in [0.05, 0.1) is 12.3 Å². The summed E-state index contributed by atoms with van der Waals surface area (Å²) < 4.78 is 5.81. The van der Waals surface area contributed by atoms with Gasteiger partial charge in [-0.2, -0.15) is 5.26 Å². The molecular weight excluding hydrogens is 346 g/mol. The zero-order chi connectivity index (χ0) is 19.8. The number of nitrogen functional groups attached to an aromatic ring is 1. The number of benzene rings is 2. The van der Waals surface area contributed by atoms with Crippen molar-refractivity contribution in [1.82, 2.24) is 4.98 Å². The summed E-state index contributed by atoms with van der Waals surface area (Å²) >= 11 is 0. The molecule has 3 aromatic rings. The fourth-order valence-corrected chi connectivity index (χ4v) is 3.12. The van der Waals surface area contributed by atoms with Crippen LogP contribution in [-0.4, -0.2) is 11.6 Å². The maximum absolute atomic E-state index is 9.57. The Balaban J connectivity index is 1.84. The van der Waals surface area contributed by atoms with Gasteiger partial charge in [-0.05, 0) is 30.2 Å². The van der Waals surface area contributed by atoms with E-state index in [0.717, 1.165) is 41.2 Å². The van der Waals surface area contributed by atoms with E-state index in [1.165, 1.54) is 19.3 Å². The van der Waals surface area contributed by atoms with Crippen LogP contribution < -0.4 is 10.5 Å². The predicted molar refractivity (Wildman–Crippen MR) is 114 cm³/mol. The first-order valence-electron chi connectivity index (χ1n) is 9.72. The third-order valence-corrected chi connectivity index (χ3v) is 4.66. The highest BCUT2D eigenvalue weighted by Gasteiger charge is 2.13. The van der Waals surface area contributed by atoms with Crippen molar-refractivity contribution in [2.24, 2.45) is 0 Å². The number of unbranched alkanes of at least 4 members (excludes halogenated alkanes) is 3. The minimum atomic E-state index is 0.245. The van der Waals surface area contributed by atoms with Crippen molar-refractivity contribution in [2.75, 3.05) is 12.3 Å². The highest BCUT2D eigenvalue weighted by atomic mass is 16.5. The lowest BCUT2D eigenvalue weighted by Crippen LogP contribution is -2.00. The van der Waals surface area contributed by atoms with Gasteiger partial charge < -0.3 is 10.5 Å². The number of pyridine rings is 1. The molecule has 0 aliphatic heterocycles. The molecule has 2 N–H and O–H groups in total. The molecule has 4 heteroatoms. The SMILES string of the molecule is CCCCCCOc1ccc(-c2cc(-c3ccccc3)nc(N)c2C#N)cc1. The van der Waals surface area contributed by atoms with Gasteiger partial charge >= 0.3 is 0 Å². The van der Waals surface area contributed by atoms with E-state index >= 15 is 0 Å². The van der Waals surface area contributed by atoms with E-state index < -0.39 is 0 Å². The molecule has 0 aliphatic carbocycles. The molecule has 0 fully saturated rings. The third-order valence-electron chi connectivity index (χ3n) is 4.66. The number of ether oxygens (including phenoxy) is 1. The highest BCUT2D eigenvalue weighted by molar-refractivity contribution is 5.80. The van der Waals surface area contributed by atoms with Crippen molar-refractivity contribution >= 4 is 5.82 Å². The molecular formula is C24H25N3O. The van der Waals surface area contributed by atoms with Crippen LogP contribution >= 0.6 is 0 Å². The van der Waals surface area contributed by atoms with Crippen LogP contribution in [0.4, 0.5) is 5.82 Å². The Morgan fingerprint density at radius 3 is 2.39 bits per heavy atom. The van der Waals surface area contributed by atoms with E-state index in [2.05, 4.69) is 18.0 Å². The molecule has 1 heterocycles. The van der Waals surface area contributed by atoms with Gasteiger partial charge in [-0.1, -0.05) is 68.7 Å². The summed E-state index contributed by atoms with van der Waals surface area (Å²) in [7, 11) is 0. The van der Waals surface area contributed by atoms with E-state index in [4.69, 9.17) is 10.5 Å². The van der Waals surface area contributed by atoms with E-state index in [-0.39, 0.29) is 5.82 Å². The highest BCUT2D eigenvalue weighted by Crippen LogP contribution is 2.32. The molecule has 28 heavy (non-hydrogen) atoms. The van der Waals surface area contributed by atoms with Gasteiger partial charge in [0.25, 0.3) is 0 Å². The Hall–Kier alpha value is -3.32. The molecule has 0 unspecified atom stereocenters. The summed E-state index contributed by atoms with van der Waals surface area (Å²) in [5, 5.41) is 9.57. The van der Waals surface area contributed by atoms with Gasteiger partial charge in [0.15, 0.2) is 0 Å². The average Bonchev–Trinajstić information content (AvgIpc) is 2.74. The molecule has 0 atom stereocenters. The maximum atomic E-state index is 9.57. The van der Waals surface area contributed by atoms with E-state index in [1.54, 1.807) is 0 Å². The molecule has 3 rings (SSSR count). The number of hydrogen-bond acceptors (Lipinski definition) is 4. The molecule has 0 amide bonds. The van der Waals surface area contributed by atoms with Crippen LogP contribution in [0.25, 0.3) is 22.4 Å². The monoisotopic (exact) mass is 371 g/mol. The average molecular weight is 371 g/mol. The van der Waals surface area contributed by atoms with Gasteiger partial charge in [0, 0.05) is 11.1 Å². The molecule has 1 aromatic heterocycles. The van der Waals surface area contributed by atoms with Crippen molar-refractivity contribution in [3.8, 4) is 34.2 Å². The third kappa shape index (κ3) is 4.69. The second-order valence-corrected chi connectivity index (χ2v) is 6.73. The fraction of sp³-hybridized carbons (Fsp3) is 0.250. The second-order valence-electron chi connectivity index (χ2n) is 6.73. The van der Waals surface area contributed by atoms with Crippen LogP contribution in [0.3, 0.4) is 0 Å². The van der Waals surface area contributed by atoms with Crippen LogP contribution in [0.1, 0.15) is 38.2 Å². The molecule has 2 aromatic carbocycles. The van der Waals surface area contributed by atoms with Crippen LogP contribution in [0.5, 0.6) is 5.75 Å². The lowest BCUT2D eigenvalue weighted by atomic mass is 9.98. The summed E-state index contributed by atoms with van der Waals surface area (Å²) in [5.74, 6) is 1.08. The largest absolute Gasteiger partial charge is 0.494 e. The normalized spacial score (nSPS) is 10.4. The number of hydrogen-bond donors (Lipinski definition) is 1. The van der Waals surface area contributed by atoms with Crippen molar-refractivity contribution in [3.05, 3.63) is 66.2 Å². The van der Waals surface area contributed by atoms with Crippen LogP contribution in [-0.2, 0) is 0 Å². The van der Waals surface area contributed by atoms with Gasteiger partial charge in [-0.3, -0.25) is 0 Å². The van der Waals surface area contributed by atoms with Crippen LogP contribution in [0.2, 0.25) is 0 Å². The zero-order valence-electron chi connectivity index (χ0n) is 16.2. The first kappa shape index (κ1) is 19.4. The lowest BCUT2D eigenvalue weighted by molar-refractivity contribution is 0.305. The molecule has 142 valence electrons. The zero-order valence-corrected chi connectivity index (χ0v) is 16.2. The van der Waals surface area contributed by atoms with Crippen molar-refractivity contribution in [3.63, 3.8) is 0 Å². The van der Waals surface area contributed by atoms with E-state index in [0.29, 0.717) is 5.56 Å². The molecule has 0 bridgehead atoms. The summed E-state index contributed by atoms with van der Waals surface area (Å²) in [6.45, 7) is 2.92. The van der Waals surface area contributed by atoms with E-state index in [1.807, 2.05) is 60.7 Å². The summed E-state index contributed by atoms with van der Waals surface area (Å²) in [4.78, 5) is 4.41. The molecule has 0 saturated heterocycles. The van der Waals surface area contributed by atoms with Gasteiger partial charge in [0.2, 0.25) is 0 Å². The first-order valence-corrected chi connectivity index (χ1v) is 9.72. The number of rotatable bonds is 8. The smallest absolute Gasteiger partial charge is 0.142 e. The topological polar surface area (TPSA) is 71.9 Å². The van der Waals surface area contributed by atoms with Crippen molar-refractivity contribution in [1.29, 1.82) is 5.26 Å². The first-order chi connectivity index (χ1) is 13.7. The number of nitrogens with zero attached hydrogens (tertiary/aromatic N) is 2. The van der Waals surface area contributed by atoms with E-state index in [9.17, 15) is 5.26 Å². The molecule has 0 spiro atoms. The lowest BCUT2D eigenvalue weighted by Gasteiger charge is -2.11. The van der Waals surface area contributed by atoms with Crippen molar-refractivity contribution < 1.29 is 4.74 Å². The van der Waals surface area contributed by atoms with Crippen LogP contribution in [0.15, 0.2) is 60.7 Å². The number of nitriles is 1. The van der Waals surface area contributed by atoms with Crippen LogP contribution in [0, 0.1) is 11.3 Å². The molecule has 4 nitrogen and oxygen atoms in total. The number of aromatic nitrogens is 1.